The Morgan fingerprint density at radius 3 is 2.55 bits per heavy atom. The van der Waals surface area contributed by atoms with Gasteiger partial charge in [0.2, 0.25) is 5.91 Å². The van der Waals surface area contributed by atoms with E-state index in [4.69, 9.17) is 14.0 Å². The van der Waals surface area contributed by atoms with Crippen LogP contribution < -0.4 is 0 Å². The number of carbonyl (C=O) groups excluding carboxylic acids is 3. The van der Waals surface area contributed by atoms with Crippen molar-refractivity contribution in [2.75, 3.05) is 46.5 Å². The van der Waals surface area contributed by atoms with Crippen molar-refractivity contribution in [3.63, 3.8) is 0 Å². The van der Waals surface area contributed by atoms with Crippen LogP contribution in [0.1, 0.15) is 36.7 Å². The number of hydrogen-bond acceptors (Lipinski definition) is 7. The van der Waals surface area contributed by atoms with E-state index >= 15 is 0 Å². The number of piperidine rings is 1. The van der Waals surface area contributed by atoms with Gasteiger partial charge in [0.25, 0.3) is 5.91 Å². The molecule has 1 aromatic heterocycles. The molecule has 2 aromatic rings. The fourth-order valence-corrected chi connectivity index (χ4v) is 3.81. The van der Waals surface area contributed by atoms with Crippen molar-refractivity contribution in [2.24, 2.45) is 5.92 Å². The molecule has 0 spiro atoms. The highest BCUT2D eigenvalue weighted by Crippen LogP contribution is 2.21. The summed E-state index contributed by atoms with van der Waals surface area (Å²) in [7, 11) is 1.56. The molecule has 0 bridgehead atoms. The number of likely N-dealkylation sites (tertiary alicyclic amines) is 1. The van der Waals surface area contributed by atoms with Gasteiger partial charge in [-0.05, 0) is 19.8 Å². The number of amides is 2. The fraction of sp³-hybridized carbons (Fsp3) is 0.500. The highest BCUT2D eigenvalue weighted by molar-refractivity contribution is 5.93. The maximum atomic E-state index is 13.0. The first kappa shape index (κ1) is 24.4. The number of aromatic nitrogens is 1. The first-order chi connectivity index (χ1) is 16.0. The van der Waals surface area contributed by atoms with E-state index in [-0.39, 0.29) is 42.4 Å². The maximum Gasteiger partial charge on any atom is 0.309 e. The Labute approximate surface area is 193 Å². The fourth-order valence-electron chi connectivity index (χ4n) is 3.81. The second-order valence-corrected chi connectivity index (χ2v) is 7.88. The Morgan fingerprint density at radius 1 is 1.15 bits per heavy atom. The topological polar surface area (TPSA) is 102 Å². The SMILES string of the molecule is CCOC(=O)C1CCN(C(=O)CCN(CCOC)C(=O)c2cc(-c3ccccc3)on2)CC1. The smallest absolute Gasteiger partial charge is 0.309 e. The molecule has 1 aliphatic rings. The molecule has 1 aliphatic heterocycles. The molecule has 2 amide bonds. The van der Waals surface area contributed by atoms with Crippen LogP contribution in [0.15, 0.2) is 40.9 Å². The summed E-state index contributed by atoms with van der Waals surface area (Å²) in [5.74, 6) is -0.196. The number of nitrogens with zero attached hydrogens (tertiary/aromatic N) is 3. The van der Waals surface area contributed by atoms with E-state index in [0.29, 0.717) is 51.4 Å². The largest absolute Gasteiger partial charge is 0.466 e. The van der Waals surface area contributed by atoms with Gasteiger partial charge >= 0.3 is 5.97 Å². The molecule has 178 valence electrons. The molecular formula is C24H31N3O6. The van der Waals surface area contributed by atoms with Gasteiger partial charge in [-0.1, -0.05) is 35.5 Å². The number of rotatable bonds is 10. The lowest BCUT2D eigenvalue weighted by atomic mass is 9.97. The lowest BCUT2D eigenvalue weighted by Gasteiger charge is -2.31. The van der Waals surface area contributed by atoms with E-state index in [9.17, 15) is 14.4 Å². The Bertz CT molecular complexity index is 921. The molecule has 1 saturated heterocycles. The highest BCUT2D eigenvalue weighted by atomic mass is 16.5. The molecule has 0 atom stereocenters. The number of hydrogen-bond donors (Lipinski definition) is 0. The number of esters is 1. The van der Waals surface area contributed by atoms with Crippen LogP contribution >= 0.6 is 0 Å². The van der Waals surface area contributed by atoms with Crippen molar-refractivity contribution in [3.8, 4) is 11.3 Å². The van der Waals surface area contributed by atoms with Crippen molar-refractivity contribution in [1.82, 2.24) is 15.0 Å². The number of carbonyl (C=O) groups is 3. The predicted octanol–water partition coefficient (Wildman–Crippen LogP) is 2.62. The van der Waals surface area contributed by atoms with Crippen LogP contribution in [0.2, 0.25) is 0 Å². The monoisotopic (exact) mass is 457 g/mol. The zero-order chi connectivity index (χ0) is 23.6. The molecule has 0 aliphatic carbocycles. The Morgan fingerprint density at radius 2 is 1.88 bits per heavy atom. The molecule has 2 heterocycles. The van der Waals surface area contributed by atoms with Crippen LogP contribution in [0.4, 0.5) is 0 Å². The lowest BCUT2D eigenvalue weighted by molar-refractivity contribution is -0.151. The van der Waals surface area contributed by atoms with Gasteiger partial charge in [0.05, 0.1) is 19.1 Å². The number of ether oxygens (including phenoxy) is 2. The molecule has 9 nitrogen and oxygen atoms in total. The molecular weight excluding hydrogens is 426 g/mol. The van der Waals surface area contributed by atoms with E-state index in [2.05, 4.69) is 5.16 Å². The zero-order valence-corrected chi connectivity index (χ0v) is 19.2. The third kappa shape index (κ3) is 6.64. The summed E-state index contributed by atoms with van der Waals surface area (Å²) in [5.41, 5.74) is 1.02. The van der Waals surface area contributed by atoms with Crippen molar-refractivity contribution in [1.29, 1.82) is 0 Å². The normalized spacial score (nSPS) is 14.2. The minimum absolute atomic E-state index is 0.0438. The second kappa shape index (κ2) is 12.2. The van der Waals surface area contributed by atoms with Crippen LogP contribution in [0, 0.1) is 5.92 Å². The third-order valence-electron chi connectivity index (χ3n) is 5.70. The molecule has 3 rings (SSSR count). The maximum absolute atomic E-state index is 13.0. The van der Waals surface area contributed by atoms with Gasteiger partial charge in [0.1, 0.15) is 0 Å². The third-order valence-corrected chi connectivity index (χ3v) is 5.70. The first-order valence-electron chi connectivity index (χ1n) is 11.3. The summed E-state index contributed by atoms with van der Waals surface area (Å²) in [4.78, 5) is 41.0. The zero-order valence-electron chi connectivity index (χ0n) is 19.2. The Kier molecular flexibility index (Phi) is 9.00. The van der Waals surface area contributed by atoms with Gasteiger partial charge in [-0.25, -0.2) is 0 Å². The highest BCUT2D eigenvalue weighted by Gasteiger charge is 2.29. The molecule has 1 aromatic carbocycles. The Balaban J connectivity index is 1.56. The molecule has 0 radical (unpaired) electrons. The van der Waals surface area contributed by atoms with Crippen molar-refractivity contribution in [2.45, 2.75) is 26.2 Å². The van der Waals surface area contributed by atoms with Crippen LogP contribution in [0.25, 0.3) is 11.3 Å². The number of methoxy groups -OCH3 is 1. The minimum atomic E-state index is -0.313. The minimum Gasteiger partial charge on any atom is -0.466 e. The second-order valence-electron chi connectivity index (χ2n) is 7.88. The quantitative estimate of drug-likeness (QED) is 0.505. The molecule has 0 saturated carbocycles. The van der Waals surface area contributed by atoms with Crippen LogP contribution in [-0.2, 0) is 19.1 Å². The standard InChI is InChI=1S/C24H31N3O6/c1-3-32-24(30)19-9-12-26(13-10-19)22(28)11-14-27(15-16-31-2)23(29)20-17-21(33-25-20)18-7-5-4-6-8-18/h4-8,17,19H,3,9-16H2,1-2H3. The van der Waals surface area contributed by atoms with Crippen molar-refractivity contribution in [3.05, 3.63) is 42.1 Å². The summed E-state index contributed by atoms with van der Waals surface area (Å²) in [6.07, 6.45) is 1.37. The summed E-state index contributed by atoms with van der Waals surface area (Å²) >= 11 is 0. The van der Waals surface area contributed by atoms with Gasteiger partial charge in [0.15, 0.2) is 11.5 Å². The van der Waals surface area contributed by atoms with Gasteiger partial charge in [-0.15, -0.1) is 0 Å². The summed E-state index contributed by atoms with van der Waals surface area (Å²) in [6.45, 7) is 4.09. The molecule has 1 fully saturated rings. The molecule has 0 N–H and O–H groups in total. The summed E-state index contributed by atoms with van der Waals surface area (Å²) in [6, 6.07) is 11.0. The van der Waals surface area contributed by atoms with Crippen molar-refractivity contribution >= 4 is 17.8 Å². The van der Waals surface area contributed by atoms with E-state index in [1.165, 1.54) is 0 Å². The van der Waals surface area contributed by atoms with Crippen LogP contribution in [-0.4, -0.2) is 79.2 Å². The summed E-state index contributed by atoms with van der Waals surface area (Å²) < 4.78 is 15.6. The van der Waals surface area contributed by atoms with E-state index in [0.717, 1.165) is 5.56 Å². The van der Waals surface area contributed by atoms with Gasteiger partial charge in [-0.2, -0.15) is 0 Å². The molecule has 9 heteroatoms. The van der Waals surface area contributed by atoms with E-state index < -0.39 is 0 Å². The van der Waals surface area contributed by atoms with E-state index in [1.807, 2.05) is 30.3 Å². The first-order valence-corrected chi connectivity index (χ1v) is 11.3. The molecule has 0 unspecified atom stereocenters. The van der Waals surface area contributed by atoms with Crippen LogP contribution in [0.5, 0.6) is 0 Å². The average Bonchev–Trinajstić information content (AvgIpc) is 3.35. The Hall–Kier alpha value is -3.20. The van der Waals surface area contributed by atoms with Crippen LogP contribution in [0.3, 0.4) is 0 Å². The lowest BCUT2D eigenvalue weighted by Crippen LogP contribution is -2.43. The summed E-state index contributed by atoms with van der Waals surface area (Å²) in [5, 5.41) is 3.93. The van der Waals surface area contributed by atoms with Crippen molar-refractivity contribution < 1.29 is 28.4 Å². The average molecular weight is 458 g/mol. The molecule has 33 heavy (non-hydrogen) atoms. The van der Waals surface area contributed by atoms with Gasteiger partial charge in [0, 0.05) is 51.3 Å². The van der Waals surface area contributed by atoms with E-state index in [1.54, 1.807) is 29.9 Å². The number of benzene rings is 1. The predicted molar refractivity (Wildman–Crippen MR) is 120 cm³/mol. The van der Waals surface area contributed by atoms with Gasteiger partial charge < -0.3 is 23.8 Å². The van der Waals surface area contributed by atoms with Gasteiger partial charge in [-0.3, -0.25) is 14.4 Å².